The summed E-state index contributed by atoms with van der Waals surface area (Å²) in [5.41, 5.74) is 2.45. The predicted octanol–water partition coefficient (Wildman–Crippen LogP) is 3.71. The third kappa shape index (κ3) is 6.11. The molecule has 1 heterocycles. The van der Waals surface area contributed by atoms with Crippen molar-refractivity contribution in [2.24, 2.45) is 0 Å². The predicted molar refractivity (Wildman–Crippen MR) is 137 cm³/mol. The molecule has 0 saturated heterocycles. The van der Waals surface area contributed by atoms with E-state index in [0.29, 0.717) is 6.42 Å². The molecular weight excluding hydrogens is 462 g/mol. The van der Waals surface area contributed by atoms with Gasteiger partial charge in [-0.2, -0.15) is 4.72 Å². The summed E-state index contributed by atoms with van der Waals surface area (Å²) in [4.78, 5) is 27.1. The number of amides is 2. The van der Waals surface area contributed by atoms with Crippen LogP contribution in [0.1, 0.15) is 63.5 Å². The summed E-state index contributed by atoms with van der Waals surface area (Å²) in [6, 6.07) is 13.4. The molecule has 1 aliphatic carbocycles. The molecule has 7 nitrogen and oxygen atoms in total. The maximum Gasteiger partial charge on any atom is 0.241 e. The number of fused-ring (bicyclic) bond motifs is 1. The van der Waals surface area contributed by atoms with Crippen molar-refractivity contribution in [3.05, 3.63) is 59.7 Å². The van der Waals surface area contributed by atoms with Gasteiger partial charge in [-0.3, -0.25) is 9.59 Å². The highest BCUT2D eigenvalue weighted by Gasteiger charge is 2.32. The number of hydrogen-bond donors (Lipinski definition) is 2. The molecular formula is C27H35N3O4S. The molecule has 1 saturated carbocycles. The number of sulfonamides is 1. The lowest BCUT2D eigenvalue weighted by Gasteiger charge is -2.23. The molecule has 0 radical (unpaired) electrons. The third-order valence-corrected chi connectivity index (χ3v) is 8.48. The topological polar surface area (TPSA) is 95.6 Å². The Hall–Kier alpha value is -2.71. The summed E-state index contributed by atoms with van der Waals surface area (Å²) in [7, 11) is -3.96. The fourth-order valence-electron chi connectivity index (χ4n) is 5.27. The van der Waals surface area contributed by atoms with Crippen molar-refractivity contribution >= 4 is 27.5 Å². The van der Waals surface area contributed by atoms with Crippen LogP contribution in [0.2, 0.25) is 0 Å². The lowest BCUT2D eigenvalue weighted by Crippen LogP contribution is -2.50. The molecule has 2 N–H and O–H groups in total. The Kier molecular flexibility index (Phi) is 7.91. The van der Waals surface area contributed by atoms with Gasteiger partial charge < -0.3 is 10.2 Å². The molecule has 2 aliphatic rings. The van der Waals surface area contributed by atoms with Gasteiger partial charge in [-0.25, -0.2) is 8.42 Å². The summed E-state index contributed by atoms with van der Waals surface area (Å²) in [6.45, 7) is 3.46. The smallest absolute Gasteiger partial charge is 0.241 e. The van der Waals surface area contributed by atoms with E-state index in [9.17, 15) is 18.0 Å². The van der Waals surface area contributed by atoms with Crippen molar-refractivity contribution < 1.29 is 18.0 Å². The minimum absolute atomic E-state index is 0.0235. The zero-order valence-electron chi connectivity index (χ0n) is 20.5. The van der Waals surface area contributed by atoms with Gasteiger partial charge in [0.2, 0.25) is 21.8 Å². The number of carbonyl (C=O) groups is 2. The van der Waals surface area contributed by atoms with E-state index < -0.39 is 16.1 Å². The minimum Gasteiger partial charge on any atom is -0.352 e. The highest BCUT2D eigenvalue weighted by atomic mass is 32.2. The molecule has 2 aromatic carbocycles. The second-order valence-electron chi connectivity index (χ2n) is 9.79. The van der Waals surface area contributed by atoms with Crippen LogP contribution in [0, 0.1) is 0 Å². The number of nitrogens with one attached hydrogen (secondary N) is 2. The second-order valence-corrected chi connectivity index (χ2v) is 11.5. The number of benzene rings is 2. The molecule has 0 spiro atoms. The Morgan fingerprint density at radius 3 is 2.37 bits per heavy atom. The lowest BCUT2D eigenvalue weighted by molar-refractivity contribution is -0.123. The van der Waals surface area contributed by atoms with Crippen molar-refractivity contribution in [3.63, 3.8) is 0 Å². The molecule has 2 aromatic rings. The van der Waals surface area contributed by atoms with E-state index in [2.05, 4.69) is 10.0 Å². The van der Waals surface area contributed by atoms with Crippen LogP contribution in [0.25, 0.3) is 0 Å². The van der Waals surface area contributed by atoms with E-state index >= 15 is 0 Å². The molecule has 2 atom stereocenters. The van der Waals surface area contributed by atoms with Gasteiger partial charge in [0.1, 0.15) is 6.04 Å². The van der Waals surface area contributed by atoms with Crippen LogP contribution in [0.3, 0.4) is 0 Å². The zero-order chi connectivity index (χ0) is 25.0. The van der Waals surface area contributed by atoms with Crippen molar-refractivity contribution in [2.75, 3.05) is 4.90 Å². The molecule has 1 fully saturated rings. The van der Waals surface area contributed by atoms with Crippen molar-refractivity contribution in [3.8, 4) is 0 Å². The summed E-state index contributed by atoms with van der Waals surface area (Å²) < 4.78 is 29.5. The van der Waals surface area contributed by atoms with E-state index in [1.54, 1.807) is 17.0 Å². The maximum absolute atomic E-state index is 13.4. The monoisotopic (exact) mass is 497 g/mol. The van der Waals surface area contributed by atoms with E-state index in [-0.39, 0.29) is 35.2 Å². The molecule has 0 unspecified atom stereocenters. The number of hydrogen-bond acceptors (Lipinski definition) is 4. The average molecular weight is 498 g/mol. The van der Waals surface area contributed by atoms with Crippen LogP contribution < -0.4 is 14.9 Å². The summed E-state index contributed by atoms with van der Waals surface area (Å²) in [5.74, 6) is -0.357. The summed E-state index contributed by atoms with van der Waals surface area (Å²) in [5, 5.41) is 3.11. The first kappa shape index (κ1) is 25.4. The molecule has 4 rings (SSSR count). The second kappa shape index (κ2) is 10.9. The standard InChI is InChI=1S/C27H35N3O4S/c1-19-16-22-18-24(14-15-26(22)30(19)20(2)31)35(33,34)29-25(17-21-10-6-5-7-11-21)27(32)28-23-12-8-3-4-9-13-23/h5-7,10-11,14-15,18-19,23,25,29H,3-4,8-9,12-13,16-17H2,1-2H3,(H,28,32)/t19-,25-/m0/s1. The Morgan fingerprint density at radius 1 is 1.03 bits per heavy atom. The van der Waals surface area contributed by atoms with Crippen LogP contribution in [-0.2, 0) is 32.5 Å². The van der Waals surface area contributed by atoms with Crippen LogP contribution >= 0.6 is 0 Å². The fourth-order valence-corrected chi connectivity index (χ4v) is 6.52. The number of nitrogens with zero attached hydrogens (tertiary/aromatic N) is 1. The first-order chi connectivity index (χ1) is 16.7. The molecule has 0 aromatic heterocycles. The van der Waals surface area contributed by atoms with E-state index in [4.69, 9.17) is 0 Å². The Labute approximate surface area is 208 Å². The maximum atomic E-state index is 13.4. The zero-order valence-corrected chi connectivity index (χ0v) is 21.3. The van der Waals surface area contributed by atoms with Gasteiger partial charge in [-0.15, -0.1) is 0 Å². The quantitative estimate of drug-likeness (QED) is 0.570. The van der Waals surface area contributed by atoms with Gasteiger partial charge >= 0.3 is 0 Å². The van der Waals surface area contributed by atoms with Gasteiger partial charge in [0.15, 0.2) is 0 Å². The van der Waals surface area contributed by atoms with Crippen molar-refractivity contribution in [2.45, 2.75) is 88.2 Å². The van der Waals surface area contributed by atoms with Crippen molar-refractivity contribution in [1.82, 2.24) is 10.0 Å². The Bertz CT molecular complexity index is 1160. The fraction of sp³-hybridized carbons (Fsp3) is 0.481. The average Bonchev–Trinajstić information content (AvgIpc) is 2.96. The number of anilines is 1. The third-order valence-electron chi connectivity index (χ3n) is 7.01. The van der Waals surface area contributed by atoms with Crippen molar-refractivity contribution in [1.29, 1.82) is 0 Å². The summed E-state index contributed by atoms with van der Waals surface area (Å²) in [6.07, 6.45) is 7.19. The van der Waals surface area contributed by atoms with Gasteiger partial charge in [0, 0.05) is 24.7 Å². The highest BCUT2D eigenvalue weighted by Crippen LogP contribution is 2.34. The van der Waals surface area contributed by atoms with E-state index in [1.165, 1.54) is 25.8 Å². The first-order valence-electron chi connectivity index (χ1n) is 12.5. The molecule has 0 bridgehead atoms. The van der Waals surface area contributed by atoms with Crippen LogP contribution in [0.4, 0.5) is 5.69 Å². The molecule has 8 heteroatoms. The Balaban J connectivity index is 1.56. The van der Waals surface area contributed by atoms with Gasteiger partial charge in [-0.05, 0) is 61.9 Å². The first-order valence-corrected chi connectivity index (χ1v) is 14.0. The van der Waals surface area contributed by atoms with Crippen LogP contribution in [-0.4, -0.2) is 38.4 Å². The molecule has 35 heavy (non-hydrogen) atoms. The van der Waals surface area contributed by atoms with Gasteiger partial charge in [0.05, 0.1) is 4.90 Å². The summed E-state index contributed by atoms with van der Waals surface area (Å²) >= 11 is 0. The molecule has 2 amide bonds. The molecule has 1 aliphatic heterocycles. The normalized spacial score (nSPS) is 19.6. The van der Waals surface area contributed by atoms with Crippen LogP contribution in [0.5, 0.6) is 0 Å². The van der Waals surface area contributed by atoms with Gasteiger partial charge in [-0.1, -0.05) is 56.0 Å². The number of rotatable bonds is 7. The lowest BCUT2D eigenvalue weighted by atomic mass is 10.0. The van der Waals surface area contributed by atoms with Crippen LogP contribution in [0.15, 0.2) is 53.4 Å². The SMILES string of the molecule is CC(=O)N1c2ccc(S(=O)(=O)N[C@@H](Cc3ccccc3)C(=O)NC3CCCCCC3)cc2C[C@@H]1C. The largest absolute Gasteiger partial charge is 0.352 e. The minimum atomic E-state index is -3.96. The number of carbonyl (C=O) groups excluding carboxylic acids is 2. The van der Waals surface area contributed by atoms with E-state index in [0.717, 1.165) is 42.5 Å². The van der Waals surface area contributed by atoms with E-state index in [1.807, 2.05) is 37.3 Å². The highest BCUT2D eigenvalue weighted by molar-refractivity contribution is 7.89. The van der Waals surface area contributed by atoms with Gasteiger partial charge in [0.25, 0.3) is 0 Å². The molecule has 188 valence electrons. The Morgan fingerprint density at radius 2 is 1.71 bits per heavy atom.